The highest BCUT2D eigenvalue weighted by Gasteiger charge is 2.26. The van der Waals surface area contributed by atoms with Gasteiger partial charge in [0.25, 0.3) is 0 Å². The lowest BCUT2D eigenvalue weighted by molar-refractivity contribution is 0.354. The average Bonchev–Trinajstić information content (AvgIpc) is 2.85. The van der Waals surface area contributed by atoms with Crippen LogP contribution in [-0.2, 0) is 6.42 Å². The van der Waals surface area contributed by atoms with Crippen LogP contribution in [-0.4, -0.2) is 6.61 Å². The molecule has 0 amide bonds. The van der Waals surface area contributed by atoms with E-state index in [9.17, 15) is 4.39 Å². The van der Waals surface area contributed by atoms with E-state index in [1.807, 2.05) is 12.1 Å². The van der Waals surface area contributed by atoms with Crippen LogP contribution in [0.15, 0.2) is 34.8 Å². The third-order valence-electron chi connectivity index (χ3n) is 3.30. The summed E-state index contributed by atoms with van der Waals surface area (Å²) in [5.41, 5.74) is 2.45. The minimum absolute atomic E-state index is 0.328. The van der Waals surface area contributed by atoms with Gasteiger partial charge in [0.05, 0.1) is 11.4 Å². The van der Waals surface area contributed by atoms with Crippen molar-refractivity contribution in [2.75, 3.05) is 6.61 Å². The standard InChI is InChI=1S/C15H10Br2ClFO/c16-9-6-8-4-5-20-15(8)10(7-9)14(17)13-11(18)2-1-3-12(13)19/h1-3,6-7,14H,4-5H2. The van der Waals surface area contributed by atoms with Crippen molar-refractivity contribution in [2.45, 2.75) is 11.2 Å². The Kier molecular flexibility index (Phi) is 4.07. The van der Waals surface area contributed by atoms with Crippen LogP contribution >= 0.6 is 43.5 Å². The number of halogens is 4. The fraction of sp³-hybridized carbons (Fsp3) is 0.200. The second-order valence-electron chi connectivity index (χ2n) is 4.58. The molecule has 3 rings (SSSR count). The van der Waals surface area contributed by atoms with Gasteiger partial charge in [-0.1, -0.05) is 49.5 Å². The first-order chi connectivity index (χ1) is 9.58. The zero-order valence-corrected chi connectivity index (χ0v) is 14.2. The number of hydrogen-bond donors (Lipinski definition) is 0. The fourth-order valence-electron chi connectivity index (χ4n) is 2.39. The summed E-state index contributed by atoms with van der Waals surface area (Å²) in [7, 11) is 0. The zero-order valence-electron chi connectivity index (χ0n) is 10.3. The van der Waals surface area contributed by atoms with Crippen molar-refractivity contribution in [3.63, 3.8) is 0 Å². The molecule has 1 aliphatic heterocycles. The molecule has 2 aromatic rings. The predicted molar refractivity (Wildman–Crippen MR) is 85.5 cm³/mol. The van der Waals surface area contributed by atoms with E-state index in [4.69, 9.17) is 16.3 Å². The Morgan fingerprint density at radius 2 is 2.10 bits per heavy atom. The first-order valence-corrected chi connectivity index (χ1v) is 8.19. The van der Waals surface area contributed by atoms with Gasteiger partial charge in [-0.2, -0.15) is 0 Å². The van der Waals surface area contributed by atoms with E-state index < -0.39 is 0 Å². The molecule has 1 atom stereocenters. The van der Waals surface area contributed by atoms with Crippen molar-refractivity contribution in [1.82, 2.24) is 0 Å². The third kappa shape index (κ3) is 2.49. The van der Waals surface area contributed by atoms with Gasteiger partial charge in [-0.3, -0.25) is 0 Å². The highest BCUT2D eigenvalue weighted by atomic mass is 79.9. The summed E-state index contributed by atoms with van der Waals surface area (Å²) < 4.78 is 20.7. The second kappa shape index (κ2) is 5.66. The van der Waals surface area contributed by atoms with Crippen LogP contribution in [0, 0.1) is 5.82 Å². The molecule has 1 heterocycles. The van der Waals surface area contributed by atoms with Crippen molar-refractivity contribution in [1.29, 1.82) is 0 Å². The average molecular weight is 421 g/mol. The first kappa shape index (κ1) is 14.4. The topological polar surface area (TPSA) is 9.23 Å². The maximum atomic E-state index is 14.1. The van der Waals surface area contributed by atoms with Crippen LogP contribution in [0.4, 0.5) is 4.39 Å². The third-order valence-corrected chi connectivity index (χ3v) is 5.04. The van der Waals surface area contributed by atoms with E-state index in [0.29, 0.717) is 17.2 Å². The molecule has 0 radical (unpaired) electrons. The quantitative estimate of drug-likeness (QED) is 0.570. The molecule has 2 aromatic carbocycles. The maximum Gasteiger partial charge on any atom is 0.129 e. The fourth-order valence-corrected chi connectivity index (χ4v) is 4.13. The van der Waals surface area contributed by atoms with E-state index in [1.54, 1.807) is 12.1 Å². The summed E-state index contributed by atoms with van der Waals surface area (Å²) >= 11 is 13.2. The lowest BCUT2D eigenvalue weighted by Crippen LogP contribution is -2.00. The SMILES string of the molecule is Fc1cccc(Cl)c1C(Br)c1cc(Br)cc2c1OCC2. The zero-order chi connectivity index (χ0) is 14.3. The highest BCUT2D eigenvalue weighted by molar-refractivity contribution is 9.10. The molecule has 20 heavy (non-hydrogen) atoms. The van der Waals surface area contributed by atoms with Crippen molar-refractivity contribution in [3.05, 3.63) is 62.3 Å². The molecule has 0 fully saturated rings. The maximum absolute atomic E-state index is 14.1. The Hall–Kier alpha value is -0.580. The molecule has 5 heteroatoms. The number of rotatable bonds is 2. The van der Waals surface area contributed by atoms with E-state index in [2.05, 4.69) is 31.9 Å². The number of fused-ring (bicyclic) bond motifs is 1. The van der Waals surface area contributed by atoms with Crippen molar-refractivity contribution < 1.29 is 9.13 Å². The van der Waals surface area contributed by atoms with E-state index in [-0.39, 0.29) is 10.6 Å². The van der Waals surface area contributed by atoms with Crippen LogP contribution in [0.1, 0.15) is 21.5 Å². The predicted octanol–water partition coefficient (Wildman–Crippen LogP) is 5.66. The van der Waals surface area contributed by atoms with Gasteiger partial charge in [-0.05, 0) is 29.8 Å². The molecule has 0 saturated carbocycles. The van der Waals surface area contributed by atoms with Gasteiger partial charge in [-0.15, -0.1) is 0 Å². The molecule has 0 aliphatic carbocycles. The van der Waals surface area contributed by atoms with Crippen LogP contribution < -0.4 is 4.74 Å². The van der Waals surface area contributed by atoms with Gasteiger partial charge in [-0.25, -0.2) is 4.39 Å². The summed E-state index contributed by atoms with van der Waals surface area (Å²) in [6.45, 7) is 0.656. The summed E-state index contributed by atoms with van der Waals surface area (Å²) in [5.74, 6) is 0.500. The number of ether oxygens (including phenoxy) is 1. The van der Waals surface area contributed by atoms with Crippen molar-refractivity contribution in [3.8, 4) is 5.75 Å². The van der Waals surface area contributed by atoms with E-state index in [1.165, 1.54) is 6.07 Å². The largest absolute Gasteiger partial charge is 0.493 e. The van der Waals surface area contributed by atoms with Gasteiger partial charge in [0.2, 0.25) is 0 Å². The van der Waals surface area contributed by atoms with Gasteiger partial charge in [0, 0.05) is 27.0 Å². The molecule has 1 nitrogen and oxygen atoms in total. The number of hydrogen-bond acceptors (Lipinski definition) is 1. The molecule has 0 N–H and O–H groups in total. The normalized spacial score (nSPS) is 14.8. The smallest absolute Gasteiger partial charge is 0.129 e. The monoisotopic (exact) mass is 418 g/mol. The summed E-state index contributed by atoms with van der Waals surface area (Å²) in [6, 6.07) is 8.67. The van der Waals surface area contributed by atoms with E-state index in [0.717, 1.165) is 27.8 Å². The molecule has 0 saturated heterocycles. The summed E-state index contributed by atoms with van der Waals surface area (Å²) in [4.78, 5) is -0.347. The lowest BCUT2D eigenvalue weighted by atomic mass is 10.0. The molecular weight excluding hydrogens is 410 g/mol. The Morgan fingerprint density at radius 3 is 2.85 bits per heavy atom. The van der Waals surface area contributed by atoms with Crippen molar-refractivity contribution >= 4 is 43.5 Å². The molecule has 104 valence electrons. The van der Waals surface area contributed by atoms with Crippen LogP contribution in [0.5, 0.6) is 5.75 Å². The Bertz CT molecular complexity index is 655. The molecule has 0 spiro atoms. The Morgan fingerprint density at radius 1 is 1.30 bits per heavy atom. The number of benzene rings is 2. The highest BCUT2D eigenvalue weighted by Crippen LogP contribution is 2.44. The van der Waals surface area contributed by atoms with Crippen LogP contribution in [0.2, 0.25) is 5.02 Å². The number of alkyl halides is 1. The molecule has 0 bridgehead atoms. The van der Waals surface area contributed by atoms with Crippen LogP contribution in [0.25, 0.3) is 0 Å². The summed E-state index contributed by atoms with van der Waals surface area (Å²) in [6.07, 6.45) is 0.868. The first-order valence-electron chi connectivity index (χ1n) is 6.11. The molecular formula is C15H10Br2ClFO. The molecule has 0 aromatic heterocycles. The molecule has 1 aliphatic rings. The van der Waals surface area contributed by atoms with Gasteiger partial charge >= 0.3 is 0 Å². The lowest BCUT2D eigenvalue weighted by Gasteiger charge is -2.17. The van der Waals surface area contributed by atoms with Crippen molar-refractivity contribution in [2.24, 2.45) is 0 Å². The van der Waals surface area contributed by atoms with Gasteiger partial charge in [0.15, 0.2) is 0 Å². The van der Waals surface area contributed by atoms with Gasteiger partial charge < -0.3 is 4.74 Å². The van der Waals surface area contributed by atoms with E-state index >= 15 is 0 Å². The Labute approximate surface area is 138 Å². The second-order valence-corrected chi connectivity index (χ2v) is 6.82. The minimum atomic E-state index is -0.347. The minimum Gasteiger partial charge on any atom is -0.493 e. The molecule has 1 unspecified atom stereocenters. The van der Waals surface area contributed by atoms with Crippen LogP contribution in [0.3, 0.4) is 0 Å². The summed E-state index contributed by atoms with van der Waals surface area (Å²) in [5, 5.41) is 0.401. The van der Waals surface area contributed by atoms with Gasteiger partial charge in [0.1, 0.15) is 11.6 Å². The Balaban J connectivity index is 2.14.